The largest absolute Gasteiger partial charge is 0.480 e. The Labute approximate surface area is 122 Å². The van der Waals surface area contributed by atoms with Gasteiger partial charge in [-0.15, -0.1) is 0 Å². The third kappa shape index (κ3) is 5.62. The molecule has 7 nitrogen and oxygen atoms in total. The molecule has 0 heterocycles. The maximum atomic E-state index is 12.2. The Bertz CT molecular complexity index is 503. The minimum atomic E-state index is -1.12. The maximum Gasteiger partial charge on any atom is 0.323 e. The van der Waals surface area contributed by atoms with E-state index < -0.39 is 30.4 Å². The van der Waals surface area contributed by atoms with E-state index in [1.165, 1.54) is 4.90 Å². The lowest BCUT2D eigenvalue weighted by molar-refractivity contribution is -0.139. The molecule has 0 saturated heterocycles. The number of nitrogens with zero attached hydrogens (tertiary/aromatic N) is 1. The molecule has 1 rings (SSSR count). The van der Waals surface area contributed by atoms with E-state index in [1.807, 2.05) is 0 Å². The second kappa shape index (κ2) is 8.01. The van der Waals surface area contributed by atoms with Gasteiger partial charge in [-0.3, -0.25) is 14.4 Å². The van der Waals surface area contributed by atoms with Crippen LogP contribution in [0.4, 0.5) is 0 Å². The molecule has 0 aliphatic rings. The molecule has 4 N–H and O–H groups in total. The van der Waals surface area contributed by atoms with Crippen LogP contribution in [0.5, 0.6) is 0 Å². The number of carboxylic acid groups (broad SMARTS) is 2. The number of amides is 1. The number of hydrogen-bond donors (Lipinski definition) is 3. The van der Waals surface area contributed by atoms with Crippen LogP contribution >= 0.6 is 0 Å². The highest BCUT2D eigenvalue weighted by molar-refractivity contribution is 5.95. The van der Waals surface area contributed by atoms with Crippen molar-refractivity contribution in [2.75, 3.05) is 13.1 Å². The number of carbonyl (C=O) groups excluding carboxylic acids is 1. The topological polar surface area (TPSA) is 121 Å². The van der Waals surface area contributed by atoms with Crippen molar-refractivity contribution in [1.82, 2.24) is 4.90 Å². The maximum absolute atomic E-state index is 12.2. The zero-order valence-electron chi connectivity index (χ0n) is 11.4. The molecule has 0 radical (unpaired) electrons. The molecule has 1 atom stereocenters. The summed E-state index contributed by atoms with van der Waals surface area (Å²) in [5.74, 6) is -2.64. The average Bonchev–Trinajstić information content (AvgIpc) is 2.45. The summed E-state index contributed by atoms with van der Waals surface area (Å²) in [6.45, 7) is -0.295. The van der Waals surface area contributed by atoms with Crippen LogP contribution in [0.25, 0.3) is 0 Å². The van der Waals surface area contributed by atoms with Crippen LogP contribution in [-0.4, -0.2) is 52.1 Å². The van der Waals surface area contributed by atoms with Gasteiger partial charge in [-0.05, 0) is 25.0 Å². The summed E-state index contributed by atoms with van der Waals surface area (Å²) >= 11 is 0. The van der Waals surface area contributed by atoms with Crippen LogP contribution in [0, 0.1) is 0 Å². The van der Waals surface area contributed by atoms with Crippen molar-refractivity contribution in [1.29, 1.82) is 0 Å². The van der Waals surface area contributed by atoms with Crippen molar-refractivity contribution in [3.63, 3.8) is 0 Å². The van der Waals surface area contributed by atoms with Crippen molar-refractivity contribution < 1.29 is 24.6 Å². The number of hydrogen-bond acceptors (Lipinski definition) is 4. The summed E-state index contributed by atoms with van der Waals surface area (Å²) in [5.41, 5.74) is 5.76. The van der Waals surface area contributed by atoms with Gasteiger partial charge in [-0.1, -0.05) is 18.2 Å². The van der Waals surface area contributed by atoms with E-state index in [-0.39, 0.29) is 13.0 Å². The Morgan fingerprint density at radius 3 is 2.29 bits per heavy atom. The fourth-order valence-corrected chi connectivity index (χ4v) is 1.80. The van der Waals surface area contributed by atoms with Gasteiger partial charge in [0.05, 0.1) is 0 Å². The van der Waals surface area contributed by atoms with E-state index in [1.54, 1.807) is 30.3 Å². The van der Waals surface area contributed by atoms with E-state index in [0.717, 1.165) is 0 Å². The smallest absolute Gasteiger partial charge is 0.323 e. The van der Waals surface area contributed by atoms with Crippen molar-refractivity contribution in [2.24, 2.45) is 5.73 Å². The lowest BCUT2D eigenvalue weighted by Crippen LogP contribution is -2.37. The summed E-state index contributed by atoms with van der Waals surface area (Å²) in [5, 5.41) is 17.5. The molecule has 114 valence electrons. The van der Waals surface area contributed by atoms with Gasteiger partial charge in [0, 0.05) is 12.1 Å². The zero-order valence-corrected chi connectivity index (χ0v) is 11.4. The van der Waals surface area contributed by atoms with Gasteiger partial charge < -0.3 is 20.8 Å². The number of carboxylic acids is 2. The number of carbonyl (C=O) groups is 3. The van der Waals surface area contributed by atoms with Crippen LogP contribution in [0.15, 0.2) is 30.3 Å². The first-order chi connectivity index (χ1) is 9.91. The highest BCUT2D eigenvalue weighted by Crippen LogP contribution is 2.07. The predicted octanol–water partition coefficient (Wildman–Crippen LogP) is 0.405. The van der Waals surface area contributed by atoms with Crippen LogP contribution in [0.1, 0.15) is 23.2 Å². The van der Waals surface area contributed by atoms with Crippen LogP contribution < -0.4 is 5.73 Å². The average molecular weight is 294 g/mol. The monoisotopic (exact) mass is 294 g/mol. The Hall–Kier alpha value is -2.41. The summed E-state index contributed by atoms with van der Waals surface area (Å²) in [6.07, 6.45) is 0.493. The first-order valence-corrected chi connectivity index (χ1v) is 6.46. The molecule has 1 aromatic rings. The molecule has 0 aromatic heterocycles. The van der Waals surface area contributed by atoms with E-state index in [4.69, 9.17) is 15.9 Å². The van der Waals surface area contributed by atoms with Crippen molar-refractivity contribution >= 4 is 17.8 Å². The normalized spacial score (nSPS) is 11.7. The molecule has 0 unspecified atom stereocenters. The second-order valence-corrected chi connectivity index (χ2v) is 4.57. The lowest BCUT2D eigenvalue weighted by Gasteiger charge is -2.21. The Kier molecular flexibility index (Phi) is 6.35. The fraction of sp³-hybridized carbons (Fsp3) is 0.357. The molecule has 1 aromatic carbocycles. The van der Waals surface area contributed by atoms with Gasteiger partial charge >= 0.3 is 11.9 Å². The van der Waals surface area contributed by atoms with Gasteiger partial charge in [0.1, 0.15) is 12.6 Å². The molecule has 0 aliphatic heterocycles. The van der Waals surface area contributed by atoms with Gasteiger partial charge in [0.15, 0.2) is 0 Å². The second-order valence-electron chi connectivity index (χ2n) is 4.57. The molecule has 0 saturated carbocycles. The van der Waals surface area contributed by atoms with Crippen LogP contribution in [0.2, 0.25) is 0 Å². The van der Waals surface area contributed by atoms with Gasteiger partial charge in [0.2, 0.25) is 0 Å². The summed E-state index contributed by atoms with van der Waals surface area (Å²) in [6, 6.07) is 7.31. The number of rotatable bonds is 8. The highest BCUT2D eigenvalue weighted by Gasteiger charge is 2.19. The fourth-order valence-electron chi connectivity index (χ4n) is 1.80. The van der Waals surface area contributed by atoms with Crippen LogP contribution in [0.3, 0.4) is 0 Å². The SMILES string of the molecule is N[C@@H](CCCN(CC(=O)O)C(=O)c1ccccc1)C(=O)O. The quantitative estimate of drug-likeness (QED) is 0.638. The van der Waals surface area contributed by atoms with E-state index >= 15 is 0 Å². The minimum Gasteiger partial charge on any atom is -0.480 e. The molecular formula is C14H18N2O5. The Morgan fingerprint density at radius 1 is 1.14 bits per heavy atom. The number of nitrogens with two attached hydrogens (primary N) is 1. The van der Waals surface area contributed by atoms with Gasteiger partial charge in [-0.25, -0.2) is 0 Å². The first kappa shape index (κ1) is 16.6. The minimum absolute atomic E-state index is 0.140. The van der Waals surface area contributed by atoms with Gasteiger partial charge in [-0.2, -0.15) is 0 Å². The Morgan fingerprint density at radius 2 is 1.76 bits per heavy atom. The zero-order chi connectivity index (χ0) is 15.8. The standard InChI is InChI=1S/C14H18N2O5/c15-11(14(20)21)7-4-8-16(9-12(17)18)13(19)10-5-2-1-3-6-10/h1-3,5-6,11H,4,7-9,15H2,(H,17,18)(H,20,21)/t11-/m0/s1. The molecule has 21 heavy (non-hydrogen) atoms. The van der Waals surface area contributed by atoms with E-state index in [0.29, 0.717) is 12.0 Å². The van der Waals surface area contributed by atoms with Crippen molar-refractivity contribution in [3.8, 4) is 0 Å². The van der Waals surface area contributed by atoms with E-state index in [2.05, 4.69) is 0 Å². The lowest BCUT2D eigenvalue weighted by atomic mass is 10.1. The third-order valence-corrected chi connectivity index (χ3v) is 2.89. The summed E-state index contributed by atoms with van der Waals surface area (Å²) in [7, 11) is 0. The number of aliphatic carboxylic acids is 2. The number of benzene rings is 1. The van der Waals surface area contributed by atoms with E-state index in [9.17, 15) is 14.4 Å². The summed E-state index contributed by atoms with van der Waals surface area (Å²) in [4.78, 5) is 34.8. The predicted molar refractivity (Wildman–Crippen MR) is 74.8 cm³/mol. The van der Waals surface area contributed by atoms with Crippen molar-refractivity contribution in [3.05, 3.63) is 35.9 Å². The molecule has 1 amide bonds. The van der Waals surface area contributed by atoms with Crippen LogP contribution in [-0.2, 0) is 9.59 Å². The Balaban J connectivity index is 2.66. The molecule has 0 bridgehead atoms. The first-order valence-electron chi connectivity index (χ1n) is 6.46. The molecule has 0 spiro atoms. The molecule has 7 heteroatoms. The molecule has 0 fully saturated rings. The molecule has 0 aliphatic carbocycles. The van der Waals surface area contributed by atoms with Gasteiger partial charge in [0.25, 0.3) is 5.91 Å². The molecular weight excluding hydrogens is 276 g/mol. The van der Waals surface area contributed by atoms with Crippen molar-refractivity contribution in [2.45, 2.75) is 18.9 Å². The highest BCUT2D eigenvalue weighted by atomic mass is 16.4. The summed E-state index contributed by atoms with van der Waals surface area (Å²) < 4.78 is 0. The third-order valence-electron chi connectivity index (χ3n) is 2.89.